The van der Waals surface area contributed by atoms with E-state index < -0.39 is 78.8 Å². The van der Waals surface area contributed by atoms with E-state index in [4.69, 9.17) is 14.2 Å². The molecule has 370 valence electrons. The van der Waals surface area contributed by atoms with Crippen molar-refractivity contribution in [3.05, 3.63) is 149 Å². The van der Waals surface area contributed by atoms with Gasteiger partial charge < -0.3 is 25.1 Å². The van der Waals surface area contributed by atoms with Gasteiger partial charge in [0.25, 0.3) is 20.1 Å². The normalized spacial score (nSPS) is 15.6. The Labute approximate surface area is 418 Å². The molecule has 0 spiro atoms. The van der Waals surface area contributed by atoms with Crippen molar-refractivity contribution < 1.29 is 33.1 Å². The Kier molecular flexibility index (Phi) is 16.8. The van der Waals surface area contributed by atoms with Gasteiger partial charge in [-0.1, -0.05) is 172 Å². The number of hydrogen-bond donors (Lipinski definition) is 3. The number of carbonyl (C=O) groups is 5. The van der Waals surface area contributed by atoms with Crippen molar-refractivity contribution in [3.63, 3.8) is 0 Å². The number of carbonyl (C=O) groups excluding carboxylic acids is 5. The average Bonchev–Trinajstić information content (AvgIpc) is 3.95. The number of ether oxygens (including phenoxy) is 1. The number of imide groups is 1. The molecule has 0 unspecified atom stereocenters. The van der Waals surface area contributed by atoms with Crippen LogP contribution in [0.2, 0.25) is 5.04 Å². The average molecular weight is 985 g/mol. The van der Waals surface area contributed by atoms with E-state index in [-0.39, 0.29) is 41.6 Å². The summed E-state index contributed by atoms with van der Waals surface area (Å²) >= 11 is 1.29. The van der Waals surface area contributed by atoms with Gasteiger partial charge in [-0.2, -0.15) is 0 Å². The third-order valence-corrected chi connectivity index (χ3v) is 18.7. The van der Waals surface area contributed by atoms with Gasteiger partial charge in [-0.25, -0.2) is 4.98 Å². The summed E-state index contributed by atoms with van der Waals surface area (Å²) < 4.78 is 12.2. The van der Waals surface area contributed by atoms with Crippen molar-refractivity contribution in [1.82, 2.24) is 25.8 Å². The molecule has 1 aliphatic rings. The number of fused-ring (bicyclic) bond motifs is 1. The van der Waals surface area contributed by atoms with Crippen LogP contribution in [0.4, 0.5) is 0 Å². The molecule has 0 saturated heterocycles. The molecule has 2 heterocycles. The van der Waals surface area contributed by atoms with Crippen molar-refractivity contribution >= 4 is 65.5 Å². The van der Waals surface area contributed by atoms with E-state index >= 15 is 4.79 Å². The van der Waals surface area contributed by atoms with Crippen LogP contribution in [0.15, 0.2) is 132 Å². The summed E-state index contributed by atoms with van der Waals surface area (Å²) in [6.07, 6.45) is 1.42. The van der Waals surface area contributed by atoms with Crippen molar-refractivity contribution in [3.8, 4) is 0 Å². The topological polar surface area (TPSA) is 168 Å². The van der Waals surface area contributed by atoms with Crippen molar-refractivity contribution in [2.75, 3.05) is 20.3 Å². The molecule has 70 heavy (non-hydrogen) atoms. The summed E-state index contributed by atoms with van der Waals surface area (Å²) in [6, 6.07) is 32.7. The van der Waals surface area contributed by atoms with Crippen LogP contribution in [0.25, 0.3) is 0 Å². The second-order valence-electron chi connectivity index (χ2n) is 20.9. The highest BCUT2D eigenvalue weighted by Gasteiger charge is 2.51. The molecule has 5 atom stereocenters. The number of amides is 4. The van der Waals surface area contributed by atoms with E-state index in [1.165, 1.54) is 23.3 Å². The molecule has 13 nitrogen and oxygen atoms in total. The molecule has 0 saturated carbocycles. The van der Waals surface area contributed by atoms with E-state index in [0.717, 1.165) is 15.9 Å². The molecule has 0 aliphatic carbocycles. The number of esters is 1. The smallest absolute Gasteiger partial charge is 0.308 e. The number of rotatable bonds is 18. The van der Waals surface area contributed by atoms with Crippen LogP contribution in [-0.4, -0.2) is 92.0 Å². The van der Waals surface area contributed by atoms with Crippen molar-refractivity contribution in [2.45, 2.75) is 111 Å². The first kappa shape index (κ1) is 53.1. The van der Waals surface area contributed by atoms with Gasteiger partial charge in [-0.15, -0.1) is 11.3 Å². The number of thiazole rings is 1. The lowest BCUT2D eigenvalue weighted by molar-refractivity contribution is -0.141. The molecule has 1 aromatic heterocycles. The zero-order valence-electron chi connectivity index (χ0n) is 42.2. The molecule has 0 bridgehead atoms. The lowest BCUT2D eigenvalue weighted by atomic mass is 9.82. The third-order valence-electron chi connectivity index (χ3n) is 12.8. The predicted octanol–water partition coefficient (Wildman–Crippen LogP) is 7.84. The molecular formula is C55H68N6O7SSi. The SMILES string of the molecule is COC(=O)C[C@@H](NC(=O)[C@@H](NC(=O)[C@@H](NC(=NCCO[Si](c1ccccc1)(c1ccccc1)C(C)(C)C)[C@@H](N1C(=O)c2ccccc2C1=O)C(C)(C)C)C(C)(C)C)[C@@H](C)c1ccccc1)c1nccs1. The highest BCUT2D eigenvalue weighted by atomic mass is 32.1. The third kappa shape index (κ3) is 11.8. The number of hydrogen-bond acceptors (Lipinski definition) is 10. The van der Waals surface area contributed by atoms with E-state index in [1.807, 2.05) is 115 Å². The van der Waals surface area contributed by atoms with Gasteiger partial charge in [0.2, 0.25) is 11.8 Å². The summed E-state index contributed by atoms with van der Waals surface area (Å²) in [7, 11) is -1.72. The first-order valence-electron chi connectivity index (χ1n) is 23.7. The fraction of sp³-hybridized carbons (Fsp3) is 0.400. The van der Waals surface area contributed by atoms with E-state index in [2.05, 4.69) is 66.0 Å². The van der Waals surface area contributed by atoms with Crippen LogP contribution in [0.3, 0.4) is 0 Å². The maximum atomic E-state index is 15.2. The molecule has 4 aromatic carbocycles. The highest BCUT2D eigenvalue weighted by Crippen LogP contribution is 2.37. The van der Waals surface area contributed by atoms with E-state index in [1.54, 1.807) is 35.8 Å². The van der Waals surface area contributed by atoms with Crippen LogP contribution in [0.1, 0.15) is 119 Å². The van der Waals surface area contributed by atoms with Gasteiger partial charge >= 0.3 is 5.97 Å². The van der Waals surface area contributed by atoms with Gasteiger partial charge in [0, 0.05) is 17.5 Å². The first-order chi connectivity index (χ1) is 33.1. The highest BCUT2D eigenvalue weighted by molar-refractivity contribution is 7.09. The summed E-state index contributed by atoms with van der Waals surface area (Å²) in [5.41, 5.74) is -0.289. The number of amidine groups is 1. The minimum absolute atomic E-state index is 0.107. The Morgan fingerprint density at radius 3 is 1.71 bits per heavy atom. The van der Waals surface area contributed by atoms with Gasteiger partial charge in [0.1, 0.15) is 29.0 Å². The second kappa shape index (κ2) is 22.2. The van der Waals surface area contributed by atoms with E-state index in [9.17, 15) is 19.2 Å². The van der Waals surface area contributed by atoms with E-state index in [0.29, 0.717) is 5.01 Å². The molecule has 15 heteroatoms. The Hall–Kier alpha value is -6.29. The molecule has 0 radical (unpaired) electrons. The number of benzene rings is 4. The lowest BCUT2D eigenvalue weighted by Gasteiger charge is -2.43. The molecule has 6 rings (SSSR count). The molecule has 5 aromatic rings. The fourth-order valence-corrected chi connectivity index (χ4v) is 14.5. The van der Waals surface area contributed by atoms with Crippen molar-refractivity contribution in [1.29, 1.82) is 0 Å². The Morgan fingerprint density at radius 1 is 0.714 bits per heavy atom. The van der Waals surface area contributed by atoms with Gasteiger partial charge in [0.05, 0.1) is 43.9 Å². The quantitative estimate of drug-likeness (QED) is 0.0198. The monoisotopic (exact) mass is 984 g/mol. The molecule has 0 fully saturated rings. The number of nitrogens with zero attached hydrogens (tertiary/aromatic N) is 3. The van der Waals surface area contributed by atoms with Crippen LogP contribution in [0.5, 0.6) is 0 Å². The zero-order chi connectivity index (χ0) is 51.0. The Bertz CT molecular complexity index is 2550. The summed E-state index contributed by atoms with van der Waals surface area (Å²) in [6.45, 7) is 20.2. The second-order valence-corrected chi connectivity index (χ2v) is 26.1. The summed E-state index contributed by atoms with van der Waals surface area (Å²) in [4.78, 5) is 82.2. The van der Waals surface area contributed by atoms with Gasteiger partial charge in [-0.05, 0) is 43.9 Å². The first-order valence-corrected chi connectivity index (χ1v) is 26.5. The Balaban J connectivity index is 1.42. The molecule has 4 amide bonds. The maximum Gasteiger partial charge on any atom is 0.308 e. The van der Waals surface area contributed by atoms with Crippen LogP contribution in [-0.2, 0) is 23.5 Å². The minimum Gasteiger partial charge on any atom is -0.469 e. The van der Waals surface area contributed by atoms with Crippen LogP contribution >= 0.6 is 11.3 Å². The summed E-state index contributed by atoms with van der Waals surface area (Å²) in [5.74, 6) is -2.84. The van der Waals surface area contributed by atoms with Gasteiger partial charge in [-0.3, -0.25) is 33.9 Å². The number of aliphatic imine (C=N–C) groups is 1. The minimum atomic E-state index is -3.00. The molecular weight excluding hydrogens is 917 g/mol. The standard InChI is InChI=1S/C55H68N6O7SSi/c1-36(37-23-15-12-16-24-37)44(48(63)58-42(35-43(62)67-11)50-57-32-34-69-50)59-49(64)45(53(2,3)4)60-47(46(54(5,6)7)61-51(65)40-29-21-22-30-41(40)52(61)66)56-31-33-68-70(55(8,9)10,38-25-17-13-18-26-38)39-27-19-14-20-28-39/h12-30,32,34,36,42,44-46H,31,33,35H2,1-11H3,(H,56,60)(H,58,63)(H,59,64)/t36-,42+,44-,45+,46+/m0/s1. The lowest BCUT2D eigenvalue weighted by Crippen LogP contribution is -2.66. The number of aromatic nitrogens is 1. The number of nitrogens with one attached hydrogen (secondary N) is 3. The number of methoxy groups -OCH3 is 1. The van der Waals surface area contributed by atoms with Crippen LogP contribution in [0, 0.1) is 10.8 Å². The zero-order valence-corrected chi connectivity index (χ0v) is 44.1. The fourth-order valence-electron chi connectivity index (χ4n) is 9.24. The predicted molar refractivity (Wildman–Crippen MR) is 279 cm³/mol. The Morgan fingerprint density at radius 2 is 1.24 bits per heavy atom. The molecule has 1 aliphatic heterocycles. The largest absolute Gasteiger partial charge is 0.469 e. The van der Waals surface area contributed by atoms with Gasteiger partial charge in [0.15, 0.2) is 0 Å². The molecule has 3 N–H and O–H groups in total. The van der Waals surface area contributed by atoms with Crippen LogP contribution < -0.4 is 26.3 Å². The summed E-state index contributed by atoms with van der Waals surface area (Å²) in [5, 5.41) is 13.7. The maximum absolute atomic E-state index is 15.2. The van der Waals surface area contributed by atoms with Crippen molar-refractivity contribution in [2.24, 2.45) is 15.8 Å².